The molecule has 1 saturated heterocycles. The van der Waals surface area contributed by atoms with Crippen LogP contribution in [0.3, 0.4) is 0 Å². The highest BCUT2D eigenvalue weighted by Gasteiger charge is 2.26. The van der Waals surface area contributed by atoms with Gasteiger partial charge in [0, 0.05) is 63.4 Å². The van der Waals surface area contributed by atoms with Gasteiger partial charge in [-0.05, 0) is 35.2 Å². The number of hydrogen-bond donors (Lipinski definition) is 0. The third kappa shape index (κ3) is 7.68. The maximum atomic E-state index is 13.2. The molecular formula is C33H36N4O2. The van der Waals surface area contributed by atoms with Crippen LogP contribution in [0.25, 0.3) is 0 Å². The molecule has 6 nitrogen and oxygen atoms in total. The molecule has 4 aromatic rings. The standard InChI is InChI=1S/C33H36N4O2/c38-33(36-22-20-35(21-23-36)31-16-18-34-19-17-31)39-27-32(24-28-10-4-1-5-11-28)37(25-29-12-6-2-7-13-29)26-30-14-8-3-9-15-30/h1-19,32H,20-27H2. The lowest BCUT2D eigenvalue weighted by atomic mass is 10.0. The Labute approximate surface area is 231 Å². The fourth-order valence-corrected chi connectivity index (χ4v) is 5.09. The number of rotatable bonds is 10. The van der Waals surface area contributed by atoms with Crippen LogP contribution in [-0.4, -0.2) is 59.7 Å². The first-order valence-corrected chi connectivity index (χ1v) is 13.7. The van der Waals surface area contributed by atoms with E-state index in [0.29, 0.717) is 19.7 Å². The smallest absolute Gasteiger partial charge is 0.409 e. The zero-order valence-electron chi connectivity index (χ0n) is 22.3. The second-order valence-electron chi connectivity index (χ2n) is 9.98. The molecule has 1 aromatic heterocycles. The van der Waals surface area contributed by atoms with E-state index in [0.717, 1.165) is 38.3 Å². The summed E-state index contributed by atoms with van der Waals surface area (Å²) in [5, 5.41) is 0. The zero-order valence-corrected chi connectivity index (χ0v) is 22.3. The van der Waals surface area contributed by atoms with Crippen molar-refractivity contribution in [1.82, 2.24) is 14.8 Å². The number of pyridine rings is 1. The molecule has 200 valence electrons. The Kier molecular flexibility index (Phi) is 9.21. The molecule has 0 aliphatic carbocycles. The van der Waals surface area contributed by atoms with E-state index in [-0.39, 0.29) is 12.1 Å². The average Bonchev–Trinajstić information content (AvgIpc) is 3.01. The molecule has 0 radical (unpaired) electrons. The van der Waals surface area contributed by atoms with E-state index in [4.69, 9.17) is 4.74 Å². The number of carbonyl (C=O) groups is 1. The van der Waals surface area contributed by atoms with Gasteiger partial charge in [0.05, 0.1) is 0 Å². The molecule has 39 heavy (non-hydrogen) atoms. The lowest BCUT2D eigenvalue weighted by molar-refractivity contribution is 0.0574. The molecule has 5 rings (SSSR count). The summed E-state index contributed by atoms with van der Waals surface area (Å²) in [6.07, 6.45) is 4.17. The lowest BCUT2D eigenvalue weighted by Gasteiger charge is -2.36. The number of anilines is 1. The zero-order chi connectivity index (χ0) is 26.7. The maximum Gasteiger partial charge on any atom is 0.409 e. The van der Waals surface area contributed by atoms with Crippen LogP contribution in [0, 0.1) is 0 Å². The molecule has 0 bridgehead atoms. The molecule has 0 N–H and O–H groups in total. The number of hydrogen-bond acceptors (Lipinski definition) is 5. The Morgan fingerprint density at radius 1 is 0.718 bits per heavy atom. The fourth-order valence-electron chi connectivity index (χ4n) is 5.09. The Bertz CT molecular complexity index is 1220. The summed E-state index contributed by atoms with van der Waals surface area (Å²) in [5.74, 6) is 0. The fraction of sp³-hybridized carbons (Fsp3) is 0.273. The van der Waals surface area contributed by atoms with Gasteiger partial charge in [0.2, 0.25) is 0 Å². The number of nitrogens with zero attached hydrogens (tertiary/aromatic N) is 4. The predicted molar refractivity (Wildman–Crippen MR) is 155 cm³/mol. The van der Waals surface area contributed by atoms with Gasteiger partial charge in [-0.2, -0.15) is 0 Å². The minimum atomic E-state index is -0.234. The number of benzene rings is 3. The van der Waals surface area contributed by atoms with Crippen molar-refractivity contribution in [2.75, 3.05) is 37.7 Å². The van der Waals surface area contributed by atoms with Crippen molar-refractivity contribution in [3.8, 4) is 0 Å². The van der Waals surface area contributed by atoms with Crippen LogP contribution in [-0.2, 0) is 24.2 Å². The second kappa shape index (κ2) is 13.6. The van der Waals surface area contributed by atoms with Gasteiger partial charge in [0.1, 0.15) is 6.61 Å². The Balaban J connectivity index is 1.28. The summed E-state index contributed by atoms with van der Waals surface area (Å²) in [6.45, 7) is 4.72. The number of amides is 1. The Morgan fingerprint density at radius 3 is 1.77 bits per heavy atom. The summed E-state index contributed by atoms with van der Waals surface area (Å²) < 4.78 is 6.03. The number of piperazine rings is 1. The van der Waals surface area contributed by atoms with Crippen LogP contribution in [0.1, 0.15) is 16.7 Å². The van der Waals surface area contributed by atoms with Gasteiger partial charge in [-0.15, -0.1) is 0 Å². The van der Waals surface area contributed by atoms with E-state index in [1.54, 1.807) is 12.4 Å². The minimum Gasteiger partial charge on any atom is -0.448 e. The molecule has 1 fully saturated rings. The molecular weight excluding hydrogens is 484 g/mol. The van der Waals surface area contributed by atoms with E-state index in [1.807, 2.05) is 35.2 Å². The monoisotopic (exact) mass is 520 g/mol. The molecule has 0 saturated carbocycles. The van der Waals surface area contributed by atoms with Crippen molar-refractivity contribution in [1.29, 1.82) is 0 Å². The van der Waals surface area contributed by atoms with Crippen molar-refractivity contribution >= 4 is 11.8 Å². The van der Waals surface area contributed by atoms with Gasteiger partial charge in [-0.3, -0.25) is 9.88 Å². The molecule has 0 spiro atoms. The molecule has 1 amide bonds. The van der Waals surface area contributed by atoms with Crippen LogP contribution in [0.2, 0.25) is 0 Å². The third-order valence-corrected chi connectivity index (χ3v) is 7.25. The van der Waals surface area contributed by atoms with Crippen LogP contribution in [0.4, 0.5) is 10.5 Å². The maximum absolute atomic E-state index is 13.2. The van der Waals surface area contributed by atoms with Crippen LogP contribution in [0.15, 0.2) is 116 Å². The van der Waals surface area contributed by atoms with E-state index in [9.17, 15) is 4.79 Å². The first-order chi connectivity index (χ1) is 19.2. The normalized spacial score (nSPS) is 14.3. The quantitative estimate of drug-likeness (QED) is 0.270. The van der Waals surface area contributed by atoms with Crippen molar-refractivity contribution in [3.05, 3.63) is 132 Å². The van der Waals surface area contributed by atoms with Crippen LogP contribution >= 0.6 is 0 Å². The van der Waals surface area contributed by atoms with Gasteiger partial charge < -0.3 is 14.5 Å². The van der Waals surface area contributed by atoms with E-state index in [2.05, 4.69) is 87.6 Å². The third-order valence-electron chi connectivity index (χ3n) is 7.25. The molecule has 1 atom stereocenters. The predicted octanol–water partition coefficient (Wildman–Crippen LogP) is 5.65. The summed E-state index contributed by atoms with van der Waals surface area (Å²) in [6, 6.07) is 35.5. The average molecular weight is 521 g/mol. The first-order valence-electron chi connectivity index (χ1n) is 13.7. The number of carbonyl (C=O) groups excluding carboxylic acids is 1. The van der Waals surface area contributed by atoms with Crippen molar-refractivity contribution in [2.24, 2.45) is 0 Å². The molecule has 6 heteroatoms. The van der Waals surface area contributed by atoms with Gasteiger partial charge in [0.15, 0.2) is 0 Å². The highest BCUT2D eigenvalue weighted by molar-refractivity contribution is 5.68. The molecule has 1 unspecified atom stereocenters. The van der Waals surface area contributed by atoms with Crippen molar-refractivity contribution in [2.45, 2.75) is 25.6 Å². The molecule has 3 aromatic carbocycles. The second-order valence-corrected chi connectivity index (χ2v) is 9.98. The van der Waals surface area contributed by atoms with E-state index in [1.165, 1.54) is 16.7 Å². The topological polar surface area (TPSA) is 48.9 Å². The van der Waals surface area contributed by atoms with E-state index < -0.39 is 0 Å². The van der Waals surface area contributed by atoms with Crippen LogP contribution in [0.5, 0.6) is 0 Å². The lowest BCUT2D eigenvalue weighted by Crippen LogP contribution is -2.50. The van der Waals surface area contributed by atoms with Crippen molar-refractivity contribution < 1.29 is 9.53 Å². The SMILES string of the molecule is O=C(OCC(Cc1ccccc1)N(Cc1ccccc1)Cc1ccccc1)N1CCN(c2ccncc2)CC1. The van der Waals surface area contributed by atoms with Gasteiger partial charge in [-0.25, -0.2) is 4.79 Å². The number of ether oxygens (including phenoxy) is 1. The molecule has 2 heterocycles. The van der Waals surface area contributed by atoms with Gasteiger partial charge >= 0.3 is 6.09 Å². The summed E-state index contributed by atoms with van der Waals surface area (Å²) >= 11 is 0. The Morgan fingerprint density at radius 2 is 1.23 bits per heavy atom. The highest BCUT2D eigenvalue weighted by Crippen LogP contribution is 2.19. The van der Waals surface area contributed by atoms with Gasteiger partial charge in [-0.1, -0.05) is 91.0 Å². The highest BCUT2D eigenvalue weighted by atomic mass is 16.6. The summed E-state index contributed by atoms with van der Waals surface area (Å²) in [7, 11) is 0. The number of aromatic nitrogens is 1. The molecule has 1 aliphatic rings. The summed E-state index contributed by atoms with van der Waals surface area (Å²) in [4.78, 5) is 23.8. The summed E-state index contributed by atoms with van der Waals surface area (Å²) in [5.41, 5.74) is 4.85. The van der Waals surface area contributed by atoms with Crippen LogP contribution < -0.4 is 4.90 Å². The first kappa shape index (κ1) is 26.4. The largest absolute Gasteiger partial charge is 0.448 e. The minimum absolute atomic E-state index is 0.0230. The molecule has 1 aliphatic heterocycles. The van der Waals surface area contributed by atoms with Gasteiger partial charge in [0.25, 0.3) is 0 Å². The van der Waals surface area contributed by atoms with Crippen molar-refractivity contribution in [3.63, 3.8) is 0 Å². The van der Waals surface area contributed by atoms with E-state index >= 15 is 0 Å². The Hall–Kier alpha value is -4.16.